The third kappa shape index (κ3) is 5.07. The summed E-state index contributed by atoms with van der Waals surface area (Å²) in [5, 5.41) is 3.33. The Morgan fingerprint density at radius 2 is 1.57 bits per heavy atom. The highest BCUT2D eigenvalue weighted by atomic mass is 16.5. The molecule has 0 atom stereocenters. The molecule has 4 aliphatic rings. The van der Waals surface area contributed by atoms with Gasteiger partial charge in [-0.05, 0) is 25.7 Å². The van der Waals surface area contributed by atoms with Gasteiger partial charge in [-0.3, -0.25) is 19.5 Å². The SMILES string of the molecule is O=C(CN1CCN(C2CCCC2)CC1)NCC1(N2CCOCC2)CCCCC1. The molecule has 2 heterocycles. The molecule has 2 aliphatic heterocycles. The van der Waals surface area contributed by atoms with E-state index >= 15 is 0 Å². The topological polar surface area (TPSA) is 48.1 Å². The van der Waals surface area contributed by atoms with Gasteiger partial charge in [0.25, 0.3) is 0 Å². The molecule has 0 aromatic carbocycles. The van der Waals surface area contributed by atoms with Crippen LogP contribution >= 0.6 is 0 Å². The van der Waals surface area contributed by atoms with Crippen LogP contribution in [0.4, 0.5) is 0 Å². The lowest BCUT2D eigenvalue weighted by molar-refractivity contribution is -0.124. The van der Waals surface area contributed by atoms with E-state index in [-0.39, 0.29) is 11.4 Å². The number of rotatable bonds is 6. The monoisotopic (exact) mass is 392 g/mol. The molecule has 160 valence electrons. The first-order valence-corrected chi connectivity index (χ1v) is 11.8. The van der Waals surface area contributed by atoms with Gasteiger partial charge < -0.3 is 10.1 Å². The number of hydrogen-bond acceptors (Lipinski definition) is 5. The molecule has 0 spiro atoms. The Labute approximate surface area is 170 Å². The maximum Gasteiger partial charge on any atom is 0.234 e. The molecule has 0 aromatic rings. The van der Waals surface area contributed by atoms with Crippen molar-refractivity contribution in [1.82, 2.24) is 20.0 Å². The first-order valence-electron chi connectivity index (χ1n) is 11.8. The zero-order valence-corrected chi connectivity index (χ0v) is 17.7. The molecule has 6 nitrogen and oxygen atoms in total. The highest BCUT2D eigenvalue weighted by molar-refractivity contribution is 5.78. The number of nitrogens with zero attached hydrogens (tertiary/aromatic N) is 3. The first-order chi connectivity index (χ1) is 13.8. The highest BCUT2D eigenvalue weighted by Gasteiger charge is 2.39. The van der Waals surface area contributed by atoms with Crippen LogP contribution in [-0.4, -0.2) is 97.8 Å². The van der Waals surface area contributed by atoms with E-state index in [9.17, 15) is 4.79 Å². The molecule has 6 heteroatoms. The number of carbonyl (C=O) groups is 1. The maximum absolute atomic E-state index is 12.7. The second-order valence-electron chi connectivity index (χ2n) is 9.41. The van der Waals surface area contributed by atoms with Crippen molar-refractivity contribution in [2.24, 2.45) is 0 Å². The zero-order chi connectivity index (χ0) is 19.2. The van der Waals surface area contributed by atoms with Crippen molar-refractivity contribution < 1.29 is 9.53 Å². The standard InChI is InChI=1S/C22H40N4O2/c27-21(18-24-10-12-25(13-11-24)20-6-2-3-7-20)23-19-22(8-4-1-5-9-22)26-14-16-28-17-15-26/h20H,1-19H2,(H,23,27). The Morgan fingerprint density at radius 1 is 0.893 bits per heavy atom. The van der Waals surface area contributed by atoms with Crippen LogP contribution < -0.4 is 5.32 Å². The van der Waals surface area contributed by atoms with Crippen LogP contribution in [0.1, 0.15) is 57.8 Å². The third-order valence-electron chi connectivity index (χ3n) is 7.70. The molecule has 0 aromatic heterocycles. The summed E-state index contributed by atoms with van der Waals surface area (Å²) in [5.41, 5.74) is 0.166. The lowest BCUT2D eigenvalue weighted by Gasteiger charge is -2.48. The van der Waals surface area contributed by atoms with Crippen LogP contribution in [0.5, 0.6) is 0 Å². The lowest BCUT2D eigenvalue weighted by Crippen LogP contribution is -2.60. The van der Waals surface area contributed by atoms with Gasteiger partial charge in [0.15, 0.2) is 0 Å². The fourth-order valence-corrected chi connectivity index (χ4v) is 5.93. The van der Waals surface area contributed by atoms with Crippen LogP contribution in [0, 0.1) is 0 Å². The van der Waals surface area contributed by atoms with Gasteiger partial charge in [-0.25, -0.2) is 0 Å². The number of piperazine rings is 1. The third-order valence-corrected chi connectivity index (χ3v) is 7.70. The van der Waals surface area contributed by atoms with Gasteiger partial charge in [0.2, 0.25) is 5.91 Å². The molecule has 0 unspecified atom stereocenters. The Balaban J connectivity index is 1.22. The highest BCUT2D eigenvalue weighted by Crippen LogP contribution is 2.34. The Morgan fingerprint density at radius 3 is 2.25 bits per heavy atom. The number of ether oxygens (including phenoxy) is 1. The summed E-state index contributed by atoms with van der Waals surface area (Å²) in [6.07, 6.45) is 11.9. The minimum Gasteiger partial charge on any atom is -0.379 e. The van der Waals surface area contributed by atoms with E-state index in [1.165, 1.54) is 57.8 Å². The second-order valence-corrected chi connectivity index (χ2v) is 9.41. The Bertz CT molecular complexity index is 489. The van der Waals surface area contributed by atoms with Crippen LogP contribution in [-0.2, 0) is 9.53 Å². The summed E-state index contributed by atoms with van der Waals surface area (Å²) in [6.45, 7) is 9.42. The van der Waals surface area contributed by atoms with E-state index in [4.69, 9.17) is 4.74 Å². The average Bonchev–Trinajstić information content (AvgIpc) is 3.29. The van der Waals surface area contributed by atoms with Crippen LogP contribution in [0.25, 0.3) is 0 Å². The molecule has 0 bridgehead atoms. The fraction of sp³-hybridized carbons (Fsp3) is 0.955. The van der Waals surface area contributed by atoms with Crippen molar-refractivity contribution in [1.29, 1.82) is 0 Å². The van der Waals surface area contributed by atoms with E-state index in [0.29, 0.717) is 6.54 Å². The molecule has 28 heavy (non-hydrogen) atoms. The number of carbonyl (C=O) groups excluding carboxylic acids is 1. The average molecular weight is 393 g/mol. The van der Waals surface area contributed by atoms with E-state index in [1.54, 1.807) is 0 Å². The van der Waals surface area contributed by atoms with Crippen molar-refractivity contribution >= 4 is 5.91 Å². The number of amides is 1. The van der Waals surface area contributed by atoms with E-state index in [1.807, 2.05) is 0 Å². The van der Waals surface area contributed by atoms with Crippen molar-refractivity contribution in [3.05, 3.63) is 0 Å². The van der Waals surface area contributed by atoms with Gasteiger partial charge >= 0.3 is 0 Å². The van der Waals surface area contributed by atoms with E-state index < -0.39 is 0 Å². The van der Waals surface area contributed by atoms with Gasteiger partial charge in [-0.2, -0.15) is 0 Å². The van der Waals surface area contributed by atoms with Gasteiger partial charge in [-0.1, -0.05) is 32.1 Å². The summed E-state index contributed by atoms with van der Waals surface area (Å²) in [7, 11) is 0. The summed E-state index contributed by atoms with van der Waals surface area (Å²) in [5.74, 6) is 0.215. The summed E-state index contributed by atoms with van der Waals surface area (Å²) in [6, 6.07) is 0.815. The van der Waals surface area contributed by atoms with Crippen molar-refractivity contribution in [2.75, 3.05) is 65.6 Å². The molecule has 2 saturated carbocycles. The number of hydrogen-bond donors (Lipinski definition) is 1. The van der Waals surface area contributed by atoms with Crippen molar-refractivity contribution in [3.8, 4) is 0 Å². The molecule has 4 fully saturated rings. The zero-order valence-electron chi connectivity index (χ0n) is 17.7. The maximum atomic E-state index is 12.7. The molecule has 4 rings (SSSR count). The van der Waals surface area contributed by atoms with Gasteiger partial charge in [0.1, 0.15) is 0 Å². The van der Waals surface area contributed by atoms with Gasteiger partial charge in [-0.15, -0.1) is 0 Å². The Kier molecular flexibility index (Phi) is 7.26. The van der Waals surface area contributed by atoms with Crippen LogP contribution in [0.15, 0.2) is 0 Å². The first kappa shape index (κ1) is 20.6. The predicted octanol–water partition coefficient (Wildman–Crippen LogP) is 1.70. The largest absolute Gasteiger partial charge is 0.379 e. The normalized spacial score (nSPS) is 28.4. The van der Waals surface area contributed by atoms with Crippen LogP contribution in [0.3, 0.4) is 0 Å². The molecule has 1 amide bonds. The van der Waals surface area contributed by atoms with Gasteiger partial charge in [0, 0.05) is 57.4 Å². The molecule has 1 N–H and O–H groups in total. The smallest absolute Gasteiger partial charge is 0.234 e. The molecule has 0 radical (unpaired) electrons. The minimum atomic E-state index is 0.166. The summed E-state index contributed by atoms with van der Waals surface area (Å²) in [4.78, 5) is 20.3. The molecular formula is C22H40N4O2. The Hall–Kier alpha value is -0.690. The number of morpholine rings is 1. The second kappa shape index (κ2) is 9.88. The molecule has 2 aliphatic carbocycles. The van der Waals surface area contributed by atoms with Crippen molar-refractivity contribution in [3.63, 3.8) is 0 Å². The quantitative estimate of drug-likeness (QED) is 0.746. The van der Waals surface area contributed by atoms with Gasteiger partial charge in [0.05, 0.1) is 19.8 Å². The lowest BCUT2D eigenvalue weighted by atomic mass is 9.79. The fourth-order valence-electron chi connectivity index (χ4n) is 5.93. The number of nitrogens with one attached hydrogen (secondary N) is 1. The van der Waals surface area contributed by atoms with E-state index in [2.05, 4.69) is 20.0 Å². The minimum absolute atomic E-state index is 0.166. The van der Waals surface area contributed by atoms with E-state index in [0.717, 1.165) is 65.1 Å². The predicted molar refractivity (Wildman–Crippen MR) is 111 cm³/mol. The summed E-state index contributed by atoms with van der Waals surface area (Å²) >= 11 is 0. The summed E-state index contributed by atoms with van der Waals surface area (Å²) < 4.78 is 5.57. The molecular weight excluding hydrogens is 352 g/mol. The van der Waals surface area contributed by atoms with Crippen LogP contribution in [0.2, 0.25) is 0 Å². The molecule has 2 saturated heterocycles. The van der Waals surface area contributed by atoms with Crippen molar-refractivity contribution in [2.45, 2.75) is 69.4 Å².